The van der Waals surface area contributed by atoms with Gasteiger partial charge in [-0.05, 0) is 42.3 Å². The van der Waals surface area contributed by atoms with E-state index in [1.165, 1.54) is 11.8 Å². The molecule has 0 aromatic carbocycles. The topological polar surface area (TPSA) is 64.4 Å². The Bertz CT molecular complexity index is 763. The summed E-state index contributed by atoms with van der Waals surface area (Å²) in [5.41, 5.74) is 2.17. The predicted octanol–water partition coefficient (Wildman–Crippen LogP) is 2.16. The van der Waals surface area contributed by atoms with Gasteiger partial charge in [-0.25, -0.2) is 13.4 Å². The largest absolute Gasteiger partial charge is 0.376 e. The number of nitrogens with zero attached hydrogens (tertiary/aromatic N) is 3. The van der Waals surface area contributed by atoms with Gasteiger partial charge in [-0.2, -0.15) is 11.3 Å². The van der Waals surface area contributed by atoms with Crippen LogP contribution in [-0.4, -0.2) is 48.9 Å². The van der Waals surface area contributed by atoms with Crippen LogP contribution in [0.2, 0.25) is 0 Å². The maximum atomic E-state index is 12.0. The Morgan fingerprint density at radius 3 is 2.92 bits per heavy atom. The molecule has 1 aliphatic rings. The van der Waals surface area contributed by atoms with Crippen molar-refractivity contribution in [1.82, 2.24) is 14.5 Å². The lowest BCUT2D eigenvalue weighted by molar-refractivity contribution is 0.0934. The molecule has 0 bridgehead atoms. The molecule has 0 aliphatic carbocycles. The fourth-order valence-corrected chi connectivity index (χ4v) is 4.52. The van der Waals surface area contributed by atoms with E-state index in [1.54, 1.807) is 17.5 Å². The summed E-state index contributed by atoms with van der Waals surface area (Å²) in [6.45, 7) is 2.76. The first kappa shape index (κ1) is 17.6. The average molecular weight is 370 g/mol. The van der Waals surface area contributed by atoms with E-state index in [0.717, 1.165) is 31.7 Å². The van der Waals surface area contributed by atoms with Crippen LogP contribution >= 0.6 is 11.3 Å². The number of rotatable bonds is 7. The van der Waals surface area contributed by atoms with Gasteiger partial charge < -0.3 is 9.30 Å². The van der Waals surface area contributed by atoms with Crippen LogP contribution in [0.3, 0.4) is 0 Å². The highest BCUT2D eigenvalue weighted by Gasteiger charge is 2.24. The number of thiophene rings is 1. The van der Waals surface area contributed by atoms with Crippen molar-refractivity contribution in [3.63, 3.8) is 0 Å². The Morgan fingerprint density at radius 2 is 2.29 bits per heavy atom. The van der Waals surface area contributed by atoms with E-state index in [-0.39, 0.29) is 11.3 Å². The first-order valence-electron chi connectivity index (χ1n) is 7.99. The first-order valence-corrected chi connectivity index (χ1v) is 10.8. The molecule has 6 nitrogen and oxygen atoms in total. The van der Waals surface area contributed by atoms with E-state index in [2.05, 4.69) is 26.7 Å². The number of hydrogen-bond acceptors (Lipinski definition) is 6. The van der Waals surface area contributed by atoms with Crippen molar-refractivity contribution in [2.75, 3.05) is 19.9 Å². The van der Waals surface area contributed by atoms with Gasteiger partial charge in [-0.1, -0.05) is 0 Å². The minimum Gasteiger partial charge on any atom is -0.376 e. The lowest BCUT2D eigenvalue weighted by Crippen LogP contribution is -2.24. The molecule has 0 spiro atoms. The monoisotopic (exact) mass is 369 g/mol. The molecule has 132 valence electrons. The maximum absolute atomic E-state index is 12.0. The molecule has 24 heavy (non-hydrogen) atoms. The van der Waals surface area contributed by atoms with Crippen LogP contribution in [0.5, 0.6) is 0 Å². The molecule has 2 aromatic heterocycles. The van der Waals surface area contributed by atoms with Crippen LogP contribution in [0.1, 0.15) is 24.1 Å². The van der Waals surface area contributed by atoms with E-state index in [9.17, 15) is 8.42 Å². The average Bonchev–Trinajstić information content (AvgIpc) is 3.21. The van der Waals surface area contributed by atoms with Crippen LogP contribution < -0.4 is 0 Å². The van der Waals surface area contributed by atoms with Gasteiger partial charge in [0.05, 0.1) is 24.5 Å². The van der Waals surface area contributed by atoms with Gasteiger partial charge >= 0.3 is 0 Å². The molecule has 8 heteroatoms. The minimum atomic E-state index is -3.36. The number of ether oxygens (including phenoxy) is 1. The number of hydrogen-bond donors (Lipinski definition) is 0. The summed E-state index contributed by atoms with van der Waals surface area (Å²) in [7, 11) is -1.33. The number of sulfone groups is 1. The van der Waals surface area contributed by atoms with Crippen LogP contribution in [0.15, 0.2) is 28.2 Å². The van der Waals surface area contributed by atoms with Crippen molar-refractivity contribution in [3.8, 4) is 0 Å². The highest BCUT2D eigenvalue weighted by molar-refractivity contribution is 7.90. The molecule has 0 N–H and O–H groups in total. The third kappa shape index (κ3) is 4.24. The molecule has 2 aromatic rings. The molecule has 3 heterocycles. The van der Waals surface area contributed by atoms with Gasteiger partial charge in [-0.15, -0.1) is 0 Å². The van der Waals surface area contributed by atoms with Crippen LogP contribution in [0.25, 0.3) is 0 Å². The third-order valence-corrected chi connectivity index (χ3v) is 5.83. The predicted molar refractivity (Wildman–Crippen MR) is 93.8 cm³/mol. The second-order valence-corrected chi connectivity index (χ2v) is 9.04. The standard InChI is InChI=1S/C16H23N3O3S2/c1-18(9-13-5-7-23-12-13)10-14-8-17-16(24(2,20)21)19(14)11-15-4-3-6-22-15/h5,7-8,12,15H,3-4,6,9-11H2,1-2H3. The van der Waals surface area contributed by atoms with Gasteiger partial charge in [0, 0.05) is 26.0 Å². The molecule has 1 aliphatic heterocycles. The highest BCUT2D eigenvalue weighted by Crippen LogP contribution is 2.20. The van der Waals surface area contributed by atoms with Gasteiger partial charge in [0.1, 0.15) is 0 Å². The van der Waals surface area contributed by atoms with Crippen LogP contribution in [0, 0.1) is 0 Å². The third-order valence-electron chi connectivity index (χ3n) is 4.11. The van der Waals surface area contributed by atoms with Crippen molar-refractivity contribution in [2.24, 2.45) is 0 Å². The quantitative estimate of drug-likeness (QED) is 0.748. The fourth-order valence-electron chi connectivity index (χ4n) is 3.03. The summed E-state index contributed by atoms with van der Waals surface area (Å²) < 4.78 is 31.6. The van der Waals surface area contributed by atoms with E-state index in [0.29, 0.717) is 13.1 Å². The van der Waals surface area contributed by atoms with E-state index >= 15 is 0 Å². The van der Waals surface area contributed by atoms with E-state index in [1.807, 2.05) is 11.6 Å². The summed E-state index contributed by atoms with van der Waals surface area (Å²) in [5.74, 6) is 0. The summed E-state index contributed by atoms with van der Waals surface area (Å²) in [6, 6.07) is 2.10. The Kier molecular flexibility index (Phi) is 5.39. The van der Waals surface area contributed by atoms with Crippen molar-refractivity contribution in [2.45, 2.75) is 43.7 Å². The Hall–Kier alpha value is -1.22. The lowest BCUT2D eigenvalue weighted by atomic mass is 10.2. The number of imidazole rings is 1. The molecule has 1 fully saturated rings. The zero-order valence-electron chi connectivity index (χ0n) is 14.0. The maximum Gasteiger partial charge on any atom is 0.227 e. The molecular weight excluding hydrogens is 346 g/mol. The summed E-state index contributed by atoms with van der Waals surface area (Å²) >= 11 is 1.68. The molecular formula is C16H23N3O3S2. The molecule has 1 saturated heterocycles. The summed E-state index contributed by atoms with van der Waals surface area (Å²) in [4.78, 5) is 6.34. The Labute approximate surface area is 147 Å². The van der Waals surface area contributed by atoms with Crippen molar-refractivity contribution < 1.29 is 13.2 Å². The second kappa shape index (κ2) is 7.35. The van der Waals surface area contributed by atoms with E-state index in [4.69, 9.17) is 4.74 Å². The normalized spacial score (nSPS) is 18.5. The zero-order chi connectivity index (χ0) is 17.2. The highest BCUT2D eigenvalue weighted by atomic mass is 32.2. The summed E-state index contributed by atoms with van der Waals surface area (Å²) in [5, 5.41) is 4.33. The molecule has 1 unspecified atom stereocenters. The number of aromatic nitrogens is 2. The second-order valence-electron chi connectivity index (χ2n) is 6.35. The van der Waals surface area contributed by atoms with E-state index < -0.39 is 9.84 Å². The molecule has 3 rings (SSSR count). The fraction of sp³-hybridized carbons (Fsp3) is 0.562. The smallest absolute Gasteiger partial charge is 0.227 e. The Morgan fingerprint density at radius 1 is 1.46 bits per heavy atom. The minimum absolute atomic E-state index is 0.0700. The molecule has 1 atom stereocenters. The molecule has 0 amide bonds. The van der Waals surface area contributed by atoms with Gasteiger partial charge in [0.25, 0.3) is 0 Å². The Balaban J connectivity index is 1.79. The molecule has 0 radical (unpaired) electrons. The van der Waals surface area contributed by atoms with Crippen LogP contribution in [0.4, 0.5) is 0 Å². The lowest BCUT2D eigenvalue weighted by Gasteiger charge is -2.19. The first-order chi connectivity index (χ1) is 11.4. The van der Waals surface area contributed by atoms with Crippen molar-refractivity contribution in [3.05, 3.63) is 34.3 Å². The molecule has 0 saturated carbocycles. The summed E-state index contributed by atoms with van der Waals surface area (Å²) in [6.07, 6.45) is 4.95. The SMILES string of the molecule is CN(Cc1ccsc1)Cc1cnc(S(C)(=O)=O)n1CC1CCCO1. The van der Waals surface area contributed by atoms with Crippen molar-refractivity contribution in [1.29, 1.82) is 0 Å². The van der Waals surface area contributed by atoms with Crippen LogP contribution in [-0.2, 0) is 34.2 Å². The van der Waals surface area contributed by atoms with Crippen molar-refractivity contribution >= 4 is 21.2 Å². The zero-order valence-corrected chi connectivity index (χ0v) is 15.6. The van der Waals surface area contributed by atoms with Gasteiger partial charge in [-0.3, -0.25) is 4.90 Å². The van der Waals surface area contributed by atoms with Gasteiger partial charge in [0.15, 0.2) is 0 Å². The van der Waals surface area contributed by atoms with Gasteiger partial charge in [0.2, 0.25) is 15.0 Å².